The third-order valence-electron chi connectivity index (χ3n) is 6.74. The number of nitrogens with one attached hydrogen (secondary N) is 1. The molecule has 0 saturated carbocycles. The van der Waals surface area contributed by atoms with E-state index in [0.29, 0.717) is 38.5 Å². The highest BCUT2D eigenvalue weighted by Gasteiger charge is 2.33. The maximum atomic E-state index is 13.0. The number of aromatic nitrogens is 4. The maximum absolute atomic E-state index is 13.0. The number of imidazole rings is 1. The summed E-state index contributed by atoms with van der Waals surface area (Å²) in [5, 5.41) is 3.02. The zero-order chi connectivity index (χ0) is 26.6. The summed E-state index contributed by atoms with van der Waals surface area (Å²) >= 11 is 0. The fourth-order valence-corrected chi connectivity index (χ4v) is 4.78. The van der Waals surface area contributed by atoms with Crippen LogP contribution in [0.1, 0.15) is 31.5 Å². The first-order chi connectivity index (χ1) is 18.4. The van der Waals surface area contributed by atoms with E-state index in [1.165, 1.54) is 0 Å². The lowest BCUT2D eigenvalue weighted by molar-refractivity contribution is -0.138. The number of fused-ring (bicyclic) bond motifs is 1. The van der Waals surface area contributed by atoms with Gasteiger partial charge >= 0.3 is 0 Å². The number of ether oxygens (including phenoxy) is 2. The Labute approximate surface area is 221 Å². The molecule has 1 unspecified atom stereocenters. The number of carbonyl (C=O) groups is 2. The number of carbonyl (C=O) groups excluding carboxylic acids is 2. The molecule has 3 aromatic rings. The van der Waals surface area contributed by atoms with Gasteiger partial charge in [-0.3, -0.25) is 14.2 Å². The molecule has 0 radical (unpaired) electrons. The van der Waals surface area contributed by atoms with Gasteiger partial charge in [0.1, 0.15) is 12.1 Å². The van der Waals surface area contributed by atoms with Crippen molar-refractivity contribution in [1.82, 2.24) is 29.7 Å². The van der Waals surface area contributed by atoms with E-state index in [9.17, 15) is 9.59 Å². The maximum Gasteiger partial charge on any atom is 0.237 e. The van der Waals surface area contributed by atoms with Crippen LogP contribution in [0.2, 0.25) is 0 Å². The lowest BCUT2D eigenvalue weighted by atomic mass is 10.0. The number of aryl methyl sites for hydroxylation is 1. The molecule has 2 aliphatic rings. The van der Waals surface area contributed by atoms with Gasteiger partial charge in [0.2, 0.25) is 24.6 Å². The van der Waals surface area contributed by atoms with Crippen LogP contribution in [0.4, 0.5) is 5.82 Å². The Kier molecular flexibility index (Phi) is 7.43. The summed E-state index contributed by atoms with van der Waals surface area (Å²) in [5.41, 5.74) is 1.89. The van der Waals surface area contributed by atoms with Gasteiger partial charge < -0.3 is 24.6 Å². The predicted molar refractivity (Wildman–Crippen MR) is 140 cm³/mol. The number of amides is 2. The average Bonchev–Trinajstić information content (AvgIpc) is 3.60. The predicted octanol–water partition coefficient (Wildman–Crippen LogP) is 2.12. The summed E-state index contributed by atoms with van der Waals surface area (Å²) in [6.45, 7) is 8.09. The SMILES string of the molecule is Cc1cc(N2CCN(C(=O)C(C)C)C(CC(=O)NCCc3ccc4c(c3)OCO4)C2)nc(-n2ccnc2)n1. The second kappa shape index (κ2) is 11.1. The van der Waals surface area contributed by atoms with Crippen molar-refractivity contribution in [3.63, 3.8) is 0 Å². The van der Waals surface area contributed by atoms with Gasteiger partial charge in [0.25, 0.3) is 0 Å². The van der Waals surface area contributed by atoms with E-state index in [2.05, 4.69) is 20.2 Å². The van der Waals surface area contributed by atoms with Crippen LogP contribution in [0.3, 0.4) is 0 Å². The summed E-state index contributed by atoms with van der Waals surface area (Å²) in [6, 6.07) is 7.47. The van der Waals surface area contributed by atoms with Gasteiger partial charge in [0.05, 0.1) is 6.04 Å². The number of piperazine rings is 1. The second-order valence-corrected chi connectivity index (χ2v) is 9.92. The zero-order valence-electron chi connectivity index (χ0n) is 22.0. The summed E-state index contributed by atoms with van der Waals surface area (Å²) in [6.07, 6.45) is 6.03. The highest BCUT2D eigenvalue weighted by Crippen LogP contribution is 2.32. The number of rotatable bonds is 8. The summed E-state index contributed by atoms with van der Waals surface area (Å²) in [4.78, 5) is 43.3. The van der Waals surface area contributed by atoms with E-state index in [4.69, 9.17) is 14.5 Å². The number of nitrogens with zero attached hydrogens (tertiary/aromatic N) is 6. The minimum absolute atomic E-state index is 0.0563. The lowest BCUT2D eigenvalue weighted by Crippen LogP contribution is -2.57. The molecule has 200 valence electrons. The molecule has 4 heterocycles. The van der Waals surface area contributed by atoms with Crippen LogP contribution in [0, 0.1) is 12.8 Å². The zero-order valence-corrected chi connectivity index (χ0v) is 22.0. The second-order valence-electron chi connectivity index (χ2n) is 9.92. The van der Waals surface area contributed by atoms with Crippen LogP contribution in [0.5, 0.6) is 11.5 Å². The molecule has 2 amide bonds. The monoisotopic (exact) mass is 519 g/mol. The molecule has 11 nitrogen and oxygen atoms in total. The van der Waals surface area contributed by atoms with Crippen molar-refractivity contribution < 1.29 is 19.1 Å². The van der Waals surface area contributed by atoms with E-state index in [-0.39, 0.29) is 37.0 Å². The quantitative estimate of drug-likeness (QED) is 0.481. The molecule has 5 rings (SSSR count). The van der Waals surface area contributed by atoms with E-state index < -0.39 is 0 Å². The number of anilines is 1. The Hall–Kier alpha value is -4.15. The van der Waals surface area contributed by atoms with Gasteiger partial charge in [0, 0.05) is 62.7 Å². The first kappa shape index (κ1) is 25.5. The highest BCUT2D eigenvalue weighted by atomic mass is 16.7. The van der Waals surface area contributed by atoms with Crippen LogP contribution >= 0.6 is 0 Å². The van der Waals surface area contributed by atoms with Gasteiger partial charge in [0.15, 0.2) is 11.5 Å². The van der Waals surface area contributed by atoms with Crippen LogP contribution in [0.25, 0.3) is 5.95 Å². The summed E-state index contributed by atoms with van der Waals surface area (Å²) < 4.78 is 12.6. The van der Waals surface area contributed by atoms with Gasteiger partial charge in [-0.05, 0) is 31.0 Å². The normalized spacial score (nSPS) is 16.7. The molecule has 0 spiro atoms. The van der Waals surface area contributed by atoms with Crippen LogP contribution in [-0.2, 0) is 16.0 Å². The fourth-order valence-electron chi connectivity index (χ4n) is 4.78. The molecule has 1 atom stereocenters. The summed E-state index contributed by atoms with van der Waals surface area (Å²) in [7, 11) is 0. The van der Waals surface area contributed by atoms with Gasteiger partial charge in [-0.2, -0.15) is 4.98 Å². The molecule has 1 N–H and O–H groups in total. The fraction of sp³-hybridized carbons (Fsp3) is 0.444. The molecule has 1 saturated heterocycles. The standard InChI is InChI=1S/C27H33N7O4/c1-18(2)26(36)34-11-10-32(24-12-19(3)30-27(31-24)33-9-8-28-16-33)15-21(34)14-25(35)29-7-6-20-4-5-22-23(13-20)38-17-37-22/h4-5,8-9,12-13,16,18,21H,6-7,10-11,14-15,17H2,1-3H3,(H,29,35). The molecule has 2 aliphatic heterocycles. The molecule has 11 heteroatoms. The topological polar surface area (TPSA) is 115 Å². The van der Waals surface area contributed by atoms with E-state index in [0.717, 1.165) is 28.6 Å². The molecule has 1 aromatic carbocycles. The molecule has 1 fully saturated rings. The Morgan fingerprint density at radius 1 is 1.13 bits per heavy atom. The van der Waals surface area contributed by atoms with Crippen molar-refractivity contribution in [1.29, 1.82) is 0 Å². The number of hydrogen-bond donors (Lipinski definition) is 1. The number of hydrogen-bond acceptors (Lipinski definition) is 8. The van der Waals surface area contributed by atoms with Gasteiger partial charge in [-0.15, -0.1) is 0 Å². The molecule has 38 heavy (non-hydrogen) atoms. The molecule has 0 bridgehead atoms. The smallest absolute Gasteiger partial charge is 0.237 e. The van der Waals surface area contributed by atoms with E-state index in [1.54, 1.807) is 23.3 Å². The Morgan fingerprint density at radius 3 is 2.76 bits per heavy atom. The van der Waals surface area contributed by atoms with Gasteiger partial charge in [-0.1, -0.05) is 19.9 Å². The molecular formula is C27H33N7O4. The van der Waals surface area contributed by atoms with Crippen molar-refractivity contribution in [2.45, 2.75) is 39.7 Å². The minimum atomic E-state index is -0.267. The first-order valence-electron chi connectivity index (χ1n) is 12.9. The Balaban J connectivity index is 1.25. The van der Waals surface area contributed by atoms with E-state index in [1.807, 2.05) is 49.9 Å². The average molecular weight is 520 g/mol. The van der Waals surface area contributed by atoms with Crippen LogP contribution in [0.15, 0.2) is 43.0 Å². The molecular weight excluding hydrogens is 486 g/mol. The van der Waals surface area contributed by atoms with Crippen molar-refractivity contribution >= 4 is 17.6 Å². The molecule has 2 aromatic heterocycles. The highest BCUT2D eigenvalue weighted by molar-refractivity contribution is 5.81. The van der Waals surface area contributed by atoms with Crippen molar-refractivity contribution in [2.24, 2.45) is 5.92 Å². The van der Waals surface area contributed by atoms with Gasteiger partial charge in [-0.25, -0.2) is 9.97 Å². The Morgan fingerprint density at radius 2 is 1.97 bits per heavy atom. The van der Waals surface area contributed by atoms with Crippen molar-refractivity contribution in [3.8, 4) is 17.4 Å². The minimum Gasteiger partial charge on any atom is -0.454 e. The van der Waals surface area contributed by atoms with Crippen LogP contribution in [-0.4, -0.2) is 75.2 Å². The summed E-state index contributed by atoms with van der Waals surface area (Å²) in [5.74, 6) is 2.60. The van der Waals surface area contributed by atoms with Crippen molar-refractivity contribution in [2.75, 3.05) is 37.9 Å². The largest absolute Gasteiger partial charge is 0.454 e. The third-order valence-corrected chi connectivity index (χ3v) is 6.74. The first-order valence-corrected chi connectivity index (χ1v) is 12.9. The molecule has 0 aliphatic carbocycles. The van der Waals surface area contributed by atoms with E-state index >= 15 is 0 Å². The number of benzene rings is 1. The van der Waals surface area contributed by atoms with Crippen LogP contribution < -0.4 is 19.7 Å². The Bertz CT molecular complexity index is 1290. The lowest BCUT2D eigenvalue weighted by Gasteiger charge is -2.42. The van der Waals surface area contributed by atoms with Crippen molar-refractivity contribution in [3.05, 3.63) is 54.2 Å². The third kappa shape index (κ3) is 5.71.